The molecule has 0 spiro atoms. The minimum atomic E-state index is -0.0197. The summed E-state index contributed by atoms with van der Waals surface area (Å²) in [6, 6.07) is 0. The number of hydrogen-bond donors (Lipinski definition) is 1. The van der Waals surface area contributed by atoms with Crippen LogP contribution in [0.5, 0.6) is 0 Å². The van der Waals surface area contributed by atoms with Crippen molar-refractivity contribution in [2.45, 2.75) is 39.2 Å². The van der Waals surface area contributed by atoms with Gasteiger partial charge in [0.2, 0.25) is 0 Å². The number of aliphatic hydroxyl groups excluding tert-OH is 1. The van der Waals surface area contributed by atoms with Crippen LogP contribution in [0.25, 0.3) is 0 Å². The van der Waals surface area contributed by atoms with Crippen molar-refractivity contribution < 1.29 is 5.11 Å². The van der Waals surface area contributed by atoms with Gasteiger partial charge in [-0.2, -0.15) is 0 Å². The Morgan fingerprint density at radius 2 is 1.89 bits per heavy atom. The minimum Gasteiger partial charge on any atom is -0.393 e. The van der Waals surface area contributed by atoms with Crippen molar-refractivity contribution in [3.63, 3.8) is 0 Å². The minimum absolute atomic E-state index is 0.0197. The fraction of sp³-hybridized carbons (Fsp3) is 1.00. The standard InChI is InChI=1S/C8H16O/c1-6-3-4-7(2)8(9)5-6/h6-9H,3-5H2,1-2H3/t6-,7+,8?/m1/s1. The highest BCUT2D eigenvalue weighted by Gasteiger charge is 2.22. The van der Waals surface area contributed by atoms with Gasteiger partial charge in [0.05, 0.1) is 6.10 Å². The van der Waals surface area contributed by atoms with E-state index in [0.717, 1.165) is 12.3 Å². The van der Waals surface area contributed by atoms with Gasteiger partial charge >= 0.3 is 0 Å². The lowest BCUT2D eigenvalue weighted by atomic mass is 9.82. The first-order valence-corrected chi connectivity index (χ1v) is 3.88. The van der Waals surface area contributed by atoms with Gasteiger partial charge in [0.25, 0.3) is 0 Å². The van der Waals surface area contributed by atoms with Gasteiger partial charge in [0, 0.05) is 0 Å². The molecule has 3 atom stereocenters. The maximum Gasteiger partial charge on any atom is 0.0568 e. The Bertz CT molecular complexity index is 90.6. The van der Waals surface area contributed by atoms with Gasteiger partial charge in [0.1, 0.15) is 0 Å². The Morgan fingerprint density at radius 3 is 2.33 bits per heavy atom. The van der Waals surface area contributed by atoms with E-state index in [-0.39, 0.29) is 6.10 Å². The van der Waals surface area contributed by atoms with Crippen molar-refractivity contribution in [2.75, 3.05) is 0 Å². The van der Waals surface area contributed by atoms with E-state index in [1.54, 1.807) is 0 Å². The van der Waals surface area contributed by atoms with E-state index in [1.165, 1.54) is 12.8 Å². The predicted molar refractivity (Wildman–Crippen MR) is 38.2 cm³/mol. The van der Waals surface area contributed by atoms with Crippen LogP contribution in [0.2, 0.25) is 0 Å². The van der Waals surface area contributed by atoms with Gasteiger partial charge in [-0.15, -0.1) is 0 Å². The zero-order valence-electron chi connectivity index (χ0n) is 6.30. The molecule has 1 aliphatic rings. The molecule has 1 heteroatoms. The lowest BCUT2D eigenvalue weighted by Crippen LogP contribution is -2.25. The summed E-state index contributed by atoms with van der Waals surface area (Å²) in [5, 5.41) is 9.35. The molecule has 0 aromatic rings. The third-order valence-corrected chi connectivity index (χ3v) is 2.42. The highest BCUT2D eigenvalue weighted by molar-refractivity contribution is 4.74. The lowest BCUT2D eigenvalue weighted by molar-refractivity contribution is 0.0577. The van der Waals surface area contributed by atoms with Crippen LogP contribution in [0.4, 0.5) is 0 Å². The maximum atomic E-state index is 9.35. The number of hydrogen-bond acceptors (Lipinski definition) is 1. The van der Waals surface area contributed by atoms with Gasteiger partial charge in [-0.05, 0) is 24.7 Å². The second-order valence-corrected chi connectivity index (χ2v) is 3.46. The molecule has 1 unspecified atom stereocenters. The molecule has 1 fully saturated rings. The van der Waals surface area contributed by atoms with Crippen LogP contribution in [0, 0.1) is 11.8 Å². The SMILES string of the molecule is C[C@@H]1CC[C@H](C)C(O)C1. The van der Waals surface area contributed by atoms with Crippen molar-refractivity contribution in [3.8, 4) is 0 Å². The topological polar surface area (TPSA) is 20.2 Å². The molecule has 0 aromatic heterocycles. The largest absolute Gasteiger partial charge is 0.393 e. The Morgan fingerprint density at radius 1 is 1.22 bits per heavy atom. The fourth-order valence-corrected chi connectivity index (χ4v) is 1.50. The molecule has 1 nitrogen and oxygen atoms in total. The molecular weight excluding hydrogens is 112 g/mol. The summed E-state index contributed by atoms with van der Waals surface area (Å²) in [7, 11) is 0. The Balaban J connectivity index is 2.35. The predicted octanol–water partition coefficient (Wildman–Crippen LogP) is 1.80. The van der Waals surface area contributed by atoms with Crippen LogP contribution in [0.3, 0.4) is 0 Å². The summed E-state index contributed by atoms with van der Waals surface area (Å²) >= 11 is 0. The molecule has 0 amide bonds. The van der Waals surface area contributed by atoms with E-state index in [2.05, 4.69) is 13.8 Å². The normalized spacial score (nSPS) is 45.0. The van der Waals surface area contributed by atoms with Crippen LogP contribution < -0.4 is 0 Å². The molecule has 1 saturated carbocycles. The summed E-state index contributed by atoms with van der Waals surface area (Å²) in [5.74, 6) is 1.29. The van der Waals surface area contributed by atoms with Crippen LogP contribution in [-0.2, 0) is 0 Å². The molecule has 0 bridgehead atoms. The van der Waals surface area contributed by atoms with Gasteiger partial charge in [-0.3, -0.25) is 0 Å². The second-order valence-electron chi connectivity index (χ2n) is 3.46. The molecule has 1 rings (SSSR count). The Kier molecular flexibility index (Phi) is 2.12. The molecular formula is C8H16O. The average Bonchev–Trinajstić information content (AvgIpc) is 1.80. The van der Waals surface area contributed by atoms with Crippen molar-refractivity contribution in [1.29, 1.82) is 0 Å². The number of rotatable bonds is 0. The molecule has 0 aliphatic heterocycles. The van der Waals surface area contributed by atoms with Crippen LogP contribution in [0.15, 0.2) is 0 Å². The summed E-state index contributed by atoms with van der Waals surface area (Å²) in [4.78, 5) is 0. The summed E-state index contributed by atoms with van der Waals surface area (Å²) in [5.41, 5.74) is 0. The fourth-order valence-electron chi connectivity index (χ4n) is 1.50. The molecule has 0 radical (unpaired) electrons. The molecule has 9 heavy (non-hydrogen) atoms. The maximum absolute atomic E-state index is 9.35. The molecule has 1 aliphatic carbocycles. The average molecular weight is 128 g/mol. The van der Waals surface area contributed by atoms with E-state index in [4.69, 9.17) is 0 Å². The van der Waals surface area contributed by atoms with Gasteiger partial charge in [0.15, 0.2) is 0 Å². The van der Waals surface area contributed by atoms with Crippen molar-refractivity contribution in [1.82, 2.24) is 0 Å². The first-order chi connectivity index (χ1) is 4.20. The van der Waals surface area contributed by atoms with E-state index >= 15 is 0 Å². The monoisotopic (exact) mass is 128 g/mol. The van der Waals surface area contributed by atoms with Crippen molar-refractivity contribution in [2.24, 2.45) is 11.8 Å². The van der Waals surface area contributed by atoms with E-state index < -0.39 is 0 Å². The van der Waals surface area contributed by atoms with Crippen molar-refractivity contribution in [3.05, 3.63) is 0 Å². The Hall–Kier alpha value is -0.0400. The van der Waals surface area contributed by atoms with Crippen LogP contribution in [0.1, 0.15) is 33.1 Å². The molecule has 0 aromatic carbocycles. The van der Waals surface area contributed by atoms with Gasteiger partial charge < -0.3 is 5.11 Å². The summed E-state index contributed by atoms with van der Waals surface area (Å²) in [6.07, 6.45) is 3.51. The van der Waals surface area contributed by atoms with Crippen molar-refractivity contribution >= 4 is 0 Å². The first kappa shape index (κ1) is 7.07. The summed E-state index contributed by atoms with van der Waals surface area (Å²) in [6.45, 7) is 4.35. The quantitative estimate of drug-likeness (QED) is 0.527. The second kappa shape index (κ2) is 2.70. The first-order valence-electron chi connectivity index (χ1n) is 3.88. The number of aliphatic hydroxyl groups is 1. The molecule has 1 N–H and O–H groups in total. The highest BCUT2D eigenvalue weighted by atomic mass is 16.3. The Labute approximate surface area is 57.1 Å². The zero-order chi connectivity index (χ0) is 6.85. The van der Waals surface area contributed by atoms with E-state index in [9.17, 15) is 5.11 Å². The van der Waals surface area contributed by atoms with E-state index in [0.29, 0.717) is 5.92 Å². The lowest BCUT2D eigenvalue weighted by Gasteiger charge is -2.28. The molecule has 0 saturated heterocycles. The summed E-state index contributed by atoms with van der Waals surface area (Å²) < 4.78 is 0. The third kappa shape index (κ3) is 1.68. The third-order valence-electron chi connectivity index (χ3n) is 2.42. The van der Waals surface area contributed by atoms with Crippen LogP contribution in [-0.4, -0.2) is 11.2 Å². The van der Waals surface area contributed by atoms with Crippen LogP contribution >= 0.6 is 0 Å². The van der Waals surface area contributed by atoms with E-state index in [1.807, 2.05) is 0 Å². The highest BCUT2D eigenvalue weighted by Crippen LogP contribution is 2.27. The molecule has 0 heterocycles. The zero-order valence-corrected chi connectivity index (χ0v) is 6.30. The van der Waals surface area contributed by atoms with Gasteiger partial charge in [-0.25, -0.2) is 0 Å². The smallest absolute Gasteiger partial charge is 0.0568 e. The molecule has 54 valence electrons. The van der Waals surface area contributed by atoms with Gasteiger partial charge in [-0.1, -0.05) is 20.3 Å².